The maximum Gasteiger partial charge on any atom is 0.244 e. The Morgan fingerprint density at radius 3 is 2.60 bits per heavy atom. The lowest BCUT2D eigenvalue weighted by Crippen LogP contribution is -2.29. The summed E-state index contributed by atoms with van der Waals surface area (Å²) in [5.41, 5.74) is 2.68. The third-order valence-corrected chi connectivity index (χ3v) is 6.38. The van der Waals surface area contributed by atoms with Gasteiger partial charge in [-0.05, 0) is 43.5 Å². The number of hydrogen-bond acceptors (Lipinski definition) is 5. The smallest absolute Gasteiger partial charge is 0.244 e. The molecule has 0 saturated carbocycles. The van der Waals surface area contributed by atoms with Crippen molar-refractivity contribution in [2.45, 2.75) is 37.9 Å². The van der Waals surface area contributed by atoms with E-state index < -0.39 is 0 Å². The summed E-state index contributed by atoms with van der Waals surface area (Å²) in [5, 5.41) is 8.91. The number of Topliss-reactive ketones (excluding diaryl/α,β-unsaturated/α-hetero) is 1. The first-order valence-electron chi connectivity index (χ1n) is 10.5. The van der Waals surface area contributed by atoms with Crippen LogP contribution in [0.15, 0.2) is 48.5 Å². The van der Waals surface area contributed by atoms with Gasteiger partial charge < -0.3 is 14.7 Å². The molecule has 3 rings (SSSR count). The molecule has 1 heterocycles. The molecule has 0 bridgehead atoms. The Hall–Kier alpha value is -2.31. The first kappa shape index (κ1) is 22.4. The number of nitrogens with zero attached hydrogens (tertiary/aromatic N) is 1. The van der Waals surface area contributed by atoms with E-state index in [0.29, 0.717) is 30.2 Å². The lowest BCUT2D eigenvalue weighted by molar-refractivity contribution is -0.117. The molecule has 1 aliphatic heterocycles. The summed E-state index contributed by atoms with van der Waals surface area (Å²) in [6, 6.07) is 15.3. The summed E-state index contributed by atoms with van der Waals surface area (Å²) in [7, 11) is 0. The zero-order valence-corrected chi connectivity index (χ0v) is 18.2. The van der Waals surface area contributed by atoms with Gasteiger partial charge in [0.1, 0.15) is 11.0 Å². The number of aliphatic hydroxyl groups excluding tert-OH is 1. The average molecular weight is 428 g/mol. The molecule has 1 aliphatic rings. The van der Waals surface area contributed by atoms with Gasteiger partial charge in [-0.25, -0.2) is 0 Å². The van der Waals surface area contributed by atoms with Crippen molar-refractivity contribution in [3.8, 4) is 5.75 Å². The lowest BCUT2D eigenvalue weighted by Gasteiger charge is -2.18. The standard InChI is InChI=1S/C24H29NO4S/c1-18(27)19-10-5-7-13-22(19)29-16-9-3-2-8-14-25-21-12-6-4-11-20(21)23(24(25)28)30-17-15-26/h4-7,10-13,23,26H,2-3,8-9,14-17H2,1H3. The number of amides is 1. The number of thioether (sulfide) groups is 1. The van der Waals surface area contributed by atoms with Crippen LogP contribution in [0.1, 0.15) is 53.8 Å². The number of unbranched alkanes of at least 4 members (excludes halogenated alkanes) is 3. The molecule has 6 heteroatoms. The maximum atomic E-state index is 12.9. The molecule has 0 spiro atoms. The van der Waals surface area contributed by atoms with Crippen molar-refractivity contribution < 1.29 is 19.4 Å². The molecular formula is C24H29NO4S. The monoisotopic (exact) mass is 427 g/mol. The fraction of sp³-hybridized carbons (Fsp3) is 0.417. The van der Waals surface area contributed by atoms with Crippen LogP contribution in [-0.2, 0) is 4.79 Å². The van der Waals surface area contributed by atoms with Crippen LogP contribution in [0.4, 0.5) is 5.69 Å². The number of hydrogen-bond donors (Lipinski definition) is 1. The highest BCUT2D eigenvalue weighted by Crippen LogP contribution is 2.43. The number of para-hydroxylation sites is 2. The molecule has 2 aromatic carbocycles. The van der Waals surface area contributed by atoms with E-state index >= 15 is 0 Å². The van der Waals surface area contributed by atoms with Crippen LogP contribution in [-0.4, -0.2) is 42.3 Å². The van der Waals surface area contributed by atoms with E-state index in [9.17, 15) is 9.59 Å². The number of fused-ring (bicyclic) bond motifs is 1. The van der Waals surface area contributed by atoms with Crippen molar-refractivity contribution in [3.05, 3.63) is 59.7 Å². The minimum atomic E-state index is -0.205. The molecule has 30 heavy (non-hydrogen) atoms. The number of aliphatic hydroxyl groups is 1. The quantitative estimate of drug-likeness (QED) is 0.395. The molecule has 1 N–H and O–H groups in total. The van der Waals surface area contributed by atoms with E-state index in [-0.39, 0.29) is 23.5 Å². The highest BCUT2D eigenvalue weighted by Gasteiger charge is 2.36. The summed E-state index contributed by atoms with van der Waals surface area (Å²) in [4.78, 5) is 26.4. The molecule has 2 aromatic rings. The van der Waals surface area contributed by atoms with E-state index in [1.807, 2.05) is 47.4 Å². The topological polar surface area (TPSA) is 66.8 Å². The first-order chi connectivity index (χ1) is 14.6. The first-order valence-corrected chi connectivity index (χ1v) is 11.5. The van der Waals surface area contributed by atoms with Gasteiger partial charge in [0.15, 0.2) is 5.78 Å². The van der Waals surface area contributed by atoms with E-state index in [4.69, 9.17) is 9.84 Å². The fourth-order valence-electron chi connectivity index (χ4n) is 3.70. The van der Waals surface area contributed by atoms with Gasteiger partial charge in [-0.2, -0.15) is 0 Å². The van der Waals surface area contributed by atoms with Gasteiger partial charge in [0, 0.05) is 18.0 Å². The minimum Gasteiger partial charge on any atom is -0.493 e. The molecular weight excluding hydrogens is 398 g/mol. The van der Waals surface area contributed by atoms with Crippen LogP contribution in [0.25, 0.3) is 0 Å². The highest BCUT2D eigenvalue weighted by atomic mass is 32.2. The highest BCUT2D eigenvalue weighted by molar-refractivity contribution is 8.00. The normalized spacial score (nSPS) is 15.3. The number of rotatable bonds is 12. The Morgan fingerprint density at radius 2 is 1.80 bits per heavy atom. The van der Waals surface area contributed by atoms with Crippen LogP contribution in [0.5, 0.6) is 5.75 Å². The Balaban J connectivity index is 1.42. The zero-order valence-electron chi connectivity index (χ0n) is 17.4. The van der Waals surface area contributed by atoms with Gasteiger partial charge >= 0.3 is 0 Å². The summed E-state index contributed by atoms with van der Waals surface area (Å²) >= 11 is 1.51. The molecule has 160 valence electrons. The SMILES string of the molecule is CC(=O)c1ccccc1OCCCCCCN1C(=O)C(SCCO)c2ccccc21. The third kappa shape index (κ3) is 5.43. The molecule has 1 amide bonds. The van der Waals surface area contributed by atoms with Crippen LogP contribution in [0.3, 0.4) is 0 Å². The molecule has 5 nitrogen and oxygen atoms in total. The molecule has 1 atom stereocenters. The Kier molecular flexibility index (Phi) is 8.34. The predicted molar refractivity (Wildman–Crippen MR) is 121 cm³/mol. The van der Waals surface area contributed by atoms with Crippen molar-refractivity contribution in [2.75, 3.05) is 30.4 Å². The molecule has 0 fully saturated rings. The largest absolute Gasteiger partial charge is 0.493 e. The summed E-state index contributed by atoms with van der Waals surface area (Å²) in [6.07, 6.45) is 3.86. The van der Waals surface area contributed by atoms with Gasteiger partial charge in [0.25, 0.3) is 0 Å². The number of carbonyl (C=O) groups is 2. The minimum absolute atomic E-state index is 0.0108. The Bertz CT molecular complexity index is 870. The molecule has 0 saturated heterocycles. The van der Waals surface area contributed by atoms with Crippen molar-refractivity contribution >= 4 is 29.1 Å². The summed E-state index contributed by atoms with van der Waals surface area (Å²) in [6.45, 7) is 2.91. The molecule has 0 radical (unpaired) electrons. The van der Waals surface area contributed by atoms with Gasteiger partial charge in [0.05, 0.1) is 18.8 Å². The van der Waals surface area contributed by atoms with Crippen LogP contribution in [0, 0.1) is 0 Å². The Morgan fingerprint density at radius 1 is 1.07 bits per heavy atom. The Labute approximate surface area is 182 Å². The van der Waals surface area contributed by atoms with Crippen LogP contribution >= 0.6 is 11.8 Å². The van der Waals surface area contributed by atoms with E-state index in [2.05, 4.69) is 0 Å². The number of carbonyl (C=O) groups excluding carboxylic acids is 2. The fourth-order valence-corrected chi connectivity index (χ4v) is 4.69. The van der Waals surface area contributed by atoms with E-state index in [0.717, 1.165) is 36.9 Å². The zero-order chi connectivity index (χ0) is 21.3. The van der Waals surface area contributed by atoms with E-state index in [1.54, 1.807) is 13.0 Å². The van der Waals surface area contributed by atoms with Gasteiger partial charge in [-0.3, -0.25) is 9.59 Å². The third-order valence-electron chi connectivity index (χ3n) is 5.18. The van der Waals surface area contributed by atoms with Gasteiger partial charge in [-0.1, -0.05) is 43.2 Å². The van der Waals surface area contributed by atoms with Crippen molar-refractivity contribution in [3.63, 3.8) is 0 Å². The summed E-state index contributed by atoms with van der Waals surface area (Å²) < 4.78 is 5.79. The molecule has 1 unspecified atom stereocenters. The number of benzene rings is 2. The molecule has 0 aliphatic carbocycles. The number of anilines is 1. The van der Waals surface area contributed by atoms with Gasteiger partial charge in [-0.15, -0.1) is 11.8 Å². The molecule has 0 aromatic heterocycles. The number of ketones is 1. The van der Waals surface area contributed by atoms with Crippen LogP contribution in [0.2, 0.25) is 0 Å². The van der Waals surface area contributed by atoms with Crippen molar-refractivity contribution in [1.82, 2.24) is 0 Å². The second-order valence-corrected chi connectivity index (χ2v) is 8.55. The second kappa shape index (κ2) is 11.2. The predicted octanol–water partition coefficient (Wildman–Crippen LogP) is 4.64. The maximum absolute atomic E-state index is 12.9. The number of ether oxygens (including phenoxy) is 1. The van der Waals surface area contributed by atoms with Crippen molar-refractivity contribution in [2.24, 2.45) is 0 Å². The van der Waals surface area contributed by atoms with Crippen molar-refractivity contribution in [1.29, 1.82) is 0 Å². The lowest BCUT2D eigenvalue weighted by atomic mass is 10.1. The average Bonchev–Trinajstić information content (AvgIpc) is 3.02. The summed E-state index contributed by atoms with van der Waals surface area (Å²) in [5.74, 6) is 1.34. The van der Waals surface area contributed by atoms with Gasteiger partial charge in [0.2, 0.25) is 5.91 Å². The second-order valence-electron chi connectivity index (χ2n) is 7.34. The van der Waals surface area contributed by atoms with Crippen LogP contribution < -0.4 is 9.64 Å². The van der Waals surface area contributed by atoms with E-state index in [1.165, 1.54) is 11.8 Å².